The highest BCUT2D eigenvalue weighted by Crippen LogP contribution is 2.60. The van der Waals surface area contributed by atoms with Gasteiger partial charge in [0, 0.05) is 0 Å². The molecule has 0 heterocycles. The molecule has 0 fully saturated rings. The lowest BCUT2D eigenvalue weighted by molar-refractivity contribution is 0.00344. The molecule has 3 nitrogen and oxygen atoms in total. The Bertz CT molecular complexity index is 588. The third-order valence-corrected chi connectivity index (χ3v) is 8.07. The van der Waals surface area contributed by atoms with Gasteiger partial charge in [-0.1, -0.05) is 109 Å². The monoisotopic (exact) mass is 438 g/mol. The average molecular weight is 439 g/mol. The van der Waals surface area contributed by atoms with Gasteiger partial charge in [-0.2, -0.15) is 0 Å². The van der Waals surface area contributed by atoms with Crippen LogP contribution >= 0.6 is 7.60 Å². The summed E-state index contributed by atoms with van der Waals surface area (Å²) < 4.78 is 12.6. The summed E-state index contributed by atoms with van der Waals surface area (Å²) in [7, 11) is -4.16. The van der Waals surface area contributed by atoms with Crippen LogP contribution in [-0.4, -0.2) is 15.9 Å². The molecule has 0 bridgehead atoms. The molecule has 0 spiro atoms. The quantitative estimate of drug-likeness (QED) is 0.241. The van der Waals surface area contributed by atoms with Crippen molar-refractivity contribution in [3.63, 3.8) is 0 Å². The van der Waals surface area contributed by atoms with Crippen LogP contribution in [0.25, 0.3) is 0 Å². The summed E-state index contributed by atoms with van der Waals surface area (Å²) in [6.07, 6.45) is 13.8. The van der Waals surface area contributed by atoms with E-state index in [9.17, 15) is 14.4 Å². The van der Waals surface area contributed by atoms with Crippen molar-refractivity contribution in [1.29, 1.82) is 0 Å². The van der Waals surface area contributed by atoms with Crippen LogP contribution in [0.15, 0.2) is 30.3 Å². The molecule has 1 aromatic carbocycles. The Labute approximate surface area is 186 Å². The fraction of sp³-hybridized carbons (Fsp3) is 0.769. The molecule has 4 heteroatoms. The zero-order chi connectivity index (χ0) is 22.5. The van der Waals surface area contributed by atoms with Gasteiger partial charge >= 0.3 is 7.60 Å². The predicted octanol–water partition coefficient (Wildman–Crippen LogP) is 8.14. The lowest BCUT2D eigenvalue weighted by Crippen LogP contribution is -2.47. The summed E-state index contributed by atoms with van der Waals surface area (Å²) in [5.41, 5.74) is 0.847. The van der Waals surface area contributed by atoms with Crippen molar-refractivity contribution in [3.8, 4) is 0 Å². The average Bonchev–Trinajstić information content (AvgIpc) is 2.71. The maximum atomic E-state index is 12.6. The van der Waals surface area contributed by atoms with E-state index in [1.807, 2.05) is 6.07 Å². The van der Waals surface area contributed by atoms with Crippen molar-refractivity contribution in [3.05, 3.63) is 35.9 Å². The summed E-state index contributed by atoms with van der Waals surface area (Å²) in [4.78, 5) is 20.6. The van der Waals surface area contributed by atoms with Crippen LogP contribution in [0.1, 0.15) is 110 Å². The molecule has 0 saturated heterocycles. The minimum Gasteiger partial charge on any atom is -0.324 e. The molecule has 1 aromatic rings. The number of benzene rings is 1. The Morgan fingerprint density at radius 2 is 1.10 bits per heavy atom. The first-order valence-electron chi connectivity index (χ1n) is 12.4. The molecule has 0 radical (unpaired) electrons. The topological polar surface area (TPSA) is 57.5 Å². The van der Waals surface area contributed by atoms with Crippen LogP contribution in [0, 0.1) is 10.8 Å². The zero-order valence-corrected chi connectivity index (χ0v) is 20.9. The van der Waals surface area contributed by atoms with Gasteiger partial charge in [-0.05, 0) is 48.5 Å². The second-order valence-electron chi connectivity index (χ2n) is 9.46. The van der Waals surface area contributed by atoms with Crippen LogP contribution in [0.5, 0.6) is 0 Å². The lowest BCUT2D eigenvalue weighted by atomic mass is 9.54. The van der Waals surface area contributed by atoms with Gasteiger partial charge in [-0.3, -0.25) is 4.57 Å². The van der Waals surface area contributed by atoms with E-state index < -0.39 is 7.60 Å². The van der Waals surface area contributed by atoms with Crippen LogP contribution in [0.2, 0.25) is 0 Å². The molecular formula is C26H47O3P. The summed E-state index contributed by atoms with van der Waals surface area (Å²) in [6, 6.07) is 10.4. The van der Waals surface area contributed by atoms with Gasteiger partial charge in [-0.15, -0.1) is 0 Å². The molecule has 174 valence electrons. The molecule has 0 aromatic heterocycles. The largest absolute Gasteiger partial charge is 0.326 e. The Hall–Kier alpha value is -0.630. The highest BCUT2D eigenvalue weighted by molar-refractivity contribution is 7.51. The molecule has 1 unspecified atom stereocenters. The molecule has 30 heavy (non-hydrogen) atoms. The van der Waals surface area contributed by atoms with Gasteiger partial charge in [0.25, 0.3) is 0 Å². The second-order valence-corrected chi connectivity index (χ2v) is 11.1. The summed E-state index contributed by atoms with van der Waals surface area (Å²) in [6.45, 7) is 8.89. The smallest absolute Gasteiger partial charge is 0.324 e. The highest BCUT2D eigenvalue weighted by Gasteiger charge is 2.51. The van der Waals surface area contributed by atoms with Crippen molar-refractivity contribution in [2.75, 3.05) is 6.16 Å². The molecule has 2 N–H and O–H groups in total. The first kappa shape index (κ1) is 27.4. The minimum absolute atomic E-state index is 0.0127. The van der Waals surface area contributed by atoms with E-state index in [0.29, 0.717) is 0 Å². The molecular weight excluding hydrogens is 391 g/mol. The molecule has 1 rings (SSSR count). The highest BCUT2D eigenvalue weighted by atomic mass is 31.2. The molecule has 1 atom stereocenters. The maximum absolute atomic E-state index is 12.6. The molecule has 0 aliphatic carbocycles. The van der Waals surface area contributed by atoms with Crippen molar-refractivity contribution < 1.29 is 14.4 Å². The van der Waals surface area contributed by atoms with E-state index in [1.54, 1.807) is 0 Å². The Balaban J connectivity index is 3.63. The SMILES string of the molecule is CCCCC(CCCC)(CCCC)C(CCCC)(Cc1ccccc1)CP(=O)(O)O. The zero-order valence-electron chi connectivity index (χ0n) is 20.0. The van der Waals surface area contributed by atoms with E-state index in [0.717, 1.165) is 83.5 Å². The van der Waals surface area contributed by atoms with Gasteiger partial charge in [0.1, 0.15) is 0 Å². The fourth-order valence-corrected chi connectivity index (χ4v) is 6.85. The first-order valence-corrected chi connectivity index (χ1v) is 14.2. The summed E-state index contributed by atoms with van der Waals surface area (Å²) in [5, 5.41) is 0. The first-order chi connectivity index (χ1) is 14.3. The Morgan fingerprint density at radius 3 is 1.47 bits per heavy atom. The normalized spacial score (nSPS) is 14.6. The standard InChI is InChI=1S/C26H47O3P/c1-5-9-18-25(19-10-6-2,20-11-7-3)26(21-12-8-4,23-30(27,28)29)22-24-16-14-13-15-17-24/h13-17H,5-12,18-23H2,1-4H3,(H2,27,28,29). The lowest BCUT2D eigenvalue weighted by Gasteiger charge is -2.53. The Kier molecular flexibility index (Phi) is 12.5. The van der Waals surface area contributed by atoms with E-state index >= 15 is 0 Å². The van der Waals surface area contributed by atoms with Crippen molar-refractivity contribution >= 4 is 7.60 Å². The fourth-order valence-electron chi connectivity index (χ4n) is 5.46. The van der Waals surface area contributed by atoms with Gasteiger partial charge < -0.3 is 9.79 Å². The van der Waals surface area contributed by atoms with Gasteiger partial charge in [-0.25, -0.2) is 0 Å². The Morgan fingerprint density at radius 1 is 0.700 bits per heavy atom. The van der Waals surface area contributed by atoms with Crippen LogP contribution in [-0.2, 0) is 11.0 Å². The van der Waals surface area contributed by atoms with Gasteiger partial charge in [0.2, 0.25) is 0 Å². The van der Waals surface area contributed by atoms with Crippen LogP contribution in [0.3, 0.4) is 0 Å². The van der Waals surface area contributed by atoms with Crippen molar-refractivity contribution in [2.45, 2.75) is 111 Å². The van der Waals surface area contributed by atoms with Crippen molar-refractivity contribution in [1.82, 2.24) is 0 Å². The number of rotatable bonds is 17. The van der Waals surface area contributed by atoms with E-state index in [4.69, 9.17) is 0 Å². The van der Waals surface area contributed by atoms with Gasteiger partial charge in [0.15, 0.2) is 0 Å². The van der Waals surface area contributed by atoms with Crippen LogP contribution < -0.4 is 0 Å². The molecule has 0 saturated carbocycles. The number of hydrogen-bond acceptors (Lipinski definition) is 1. The van der Waals surface area contributed by atoms with Crippen LogP contribution in [0.4, 0.5) is 0 Å². The van der Waals surface area contributed by atoms with E-state index in [2.05, 4.69) is 52.0 Å². The van der Waals surface area contributed by atoms with E-state index in [1.165, 1.54) is 5.56 Å². The maximum Gasteiger partial charge on any atom is 0.326 e. The molecule has 0 amide bonds. The predicted molar refractivity (Wildman–Crippen MR) is 130 cm³/mol. The summed E-state index contributed by atoms with van der Waals surface area (Å²) in [5.74, 6) is 0. The third-order valence-electron chi connectivity index (χ3n) is 7.05. The number of hydrogen-bond donors (Lipinski definition) is 2. The van der Waals surface area contributed by atoms with Crippen molar-refractivity contribution in [2.24, 2.45) is 10.8 Å². The minimum atomic E-state index is -4.16. The second kappa shape index (κ2) is 13.7. The molecule has 0 aliphatic rings. The third kappa shape index (κ3) is 8.48. The number of unbranched alkanes of at least 4 members (excludes halogenated alkanes) is 4. The summed E-state index contributed by atoms with van der Waals surface area (Å²) >= 11 is 0. The van der Waals surface area contributed by atoms with E-state index in [-0.39, 0.29) is 17.0 Å². The molecule has 0 aliphatic heterocycles. The van der Waals surface area contributed by atoms with Gasteiger partial charge in [0.05, 0.1) is 6.16 Å².